The van der Waals surface area contributed by atoms with Gasteiger partial charge in [0.05, 0.1) is 5.56 Å². The third kappa shape index (κ3) is 3.07. The number of hydrogen-bond acceptors (Lipinski definition) is 1. The van der Waals surface area contributed by atoms with Crippen molar-refractivity contribution < 1.29 is 17.9 Å². The molecule has 80 valence electrons. The van der Waals surface area contributed by atoms with Crippen molar-refractivity contribution in [3.63, 3.8) is 0 Å². The molecule has 0 heterocycles. The lowest BCUT2D eigenvalue weighted by molar-refractivity contribution is -0.138. The maximum absolute atomic E-state index is 12.5. The zero-order chi connectivity index (χ0) is 11.5. The van der Waals surface area contributed by atoms with Crippen LogP contribution in [-0.4, -0.2) is 6.61 Å². The molecular formula is C10H6ClF3O. The van der Waals surface area contributed by atoms with Crippen molar-refractivity contribution in [1.82, 2.24) is 0 Å². The van der Waals surface area contributed by atoms with Gasteiger partial charge in [0.15, 0.2) is 0 Å². The smallest absolute Gasteiger partial charge is 0.420 e. The molecule has 0 atom stereocenters. The van der Waals surface area contributed by atoms with E-state index in [1.165, 1.54) is 6.07 Å². The van der Waals surface area contributed by atoms with Gasteiger partial charge in [-0.3, -0.25) is 0 Å². The summed E-state index contributed by atoms with van der Waals surface area (Å²) >= 11 is 5.46. The highest BCUT2D eigenvalue weighted by atomic mass is 35.5. The largest absolute Gasteiger partial charge is 0.480 e. The summed E-state index contributed by atoms with van der Waals surface area (Å²) in [7, 11) is 0. The molecule has 0 aliphatic rings. The number of alkyl halides is 3. The minimum atomic E-state index is -4.51. The normalized spacial score (nSPS) is 10.9. The van der Waals surface area contributed by atoms with E-state index in [9.17, 15) is 13.2 Å². The molecule has 1 rings (SSSR count). The highest BCUT2D eigenvalue weighted by Gasteiger charge is 2.34. The molecule has 0 N–H and O–H groups in total. The van der Waals surface area contributed by atoms with E-state index in [1.54, 1.807) is 0 Å². The van der Waals surface area contributed by atoms with Gasteiger partial charge in [0.2, 0.25) is 0 Å². The van der Waals surface area contributed by atoms with Gasteiger partial charge >= 0.3 is 6.18 Å². The Kier molecular flexibility index (Phi) is 3.48. The number of ether oxygens (including phenoxy) is 1. The first-order valence-electron chi connectivity index (χ1n) is 3.88. The van der Waals surface area contributed by atoms with E-state index in [4.69, 9.17) is 22.8 Å². The number of rotatable bonds is 2. The van der Waals surface area contributed by atoms with Crippen molar-refractivity contribution in [2.45, 2.75) is 6.18 Å². The summed E-state index contributed by atoms with van der Waals surface area (Å²) < 4.78 is 42.1. The summed E-state index contributed by atoms with van der Waals surface area (Å²) in [5, 5.41) is -0.00428. The second kappa shape index (κ2) is 4.45. The number of halogens is 4. The first kappa shape index (κ1) is 11.7. The summed E-state index contributed by atoms with van der Waals surface area (Å²) in [5.74, 6) is 1.77. The van der Waals surface area contributed by atoms with Crippen molar-refractivity contribution in [2.24, 2.45) is 0 Å². The molecule has 0 saturated heterocycles. The molecule has 0 fully saturated rings. The van der Waals surface area contributed by atoms with Crippen molar-refractivity contribution >= 4 is 11.6 Å². The Bertz CT molecular complexity index is 393. The first-order valence-corrected chi connectivity index (χ1v) is 4.26. The zero-order valence-corrected chi connectivity index (χ0v) is 8.19. The van der Waals surface area contributed by atoms with Crippen LogP contribution in [0.25, 0.3) is 0 Å². The summed E-state index contributed by atoms with van der Waals surface area (Å²) in [5.41, 5.74) is -0.926. The van der Waals surface area contributed by atoms with Gasteiger partial charge in [-0.05, 0) is 18.2 Å². The Morgan fingerprint density at radius 1 is 1.40 bits per heavy atom. The van der Waals surface area contributed by atoms with Crippen LogP contribution in [0, 0.1) is 12.3 Å². The minimum Gasteiger partial charge on any atom is -0.480 e. The molecule has 15 heavy (non-hydrogen) atoms. The van der Waals surface area contributed by atoms with Crippen LogP contribution in [0.15, 0.2) is 18.2 Å². The molecule has 1 aromatic carbocycles. The Balaban J connectivity index is 3.10. The third-order valence-electron chi connectivity index (χ3n) is 1.56. The van der Waals surface area contributed by atoms with Crippen molar-refractivity contribution in [3.05, 3.63) is 28.8 Å². The van der Waals surface area contributed by atoms with Gasteiger partial charge in [-0.2, -0.15) is 13.2 Å². The molecule has 0 saturated carbocycles. The molecular weight excluding hydrogens is 229 g/mol. The molecule has 0 aliphatic heterocycles. The molecule has 0 bridgehead atoms. The molecule has 5 heteroatoms. The number of hydrogen-bond donors (Lipinski definition) is 0. The van der Waals surface area contributed by atoms with Crippen LogP contribution >= 0.6 is 11.6 Å². The lowest BCUT2D eigenvalue weighted by Gasteiger charge is -2.12. The molecule has 0 amide bonds. The van der Waals surface area contributed by atoms with Crippen LogP contribution in [0.1, 0.15) is 5.56 Å². The predicted molar refractivity (Wildman–Crippen MR) is 50.8 cm³/mol. The van der Waals surface area contributed by atoms with Gasteiger partial charge < -0.3 is 4.74 Å². The fourth-order valence-corrected chi connectivity index (χ4v) is 1.14. The quantitative estimate of drug-likeness (QED) is 0.713. The monoisotopic (exact) mass is 234 g/mol. The van der Waals surface area contributed by atoms with Crippen molar-refractivity contribution in [1.29, 1.82) is 0 Å². The maximum atomic E-state index is 12.5. The molecule has 0 radical (unpaired) electrons. The second-order valence-electron chi connectivity index (χ2n) is 2.63. The lowest BCUT2D eigenvalue weighted by atomic mass is 10.2. The van der Waals surface area contributed by atoms with Crippen LogP contribution < -0.4 is 4.74 Å². The van der Waals surface area contributed by atoms with Crippen LogP contribution in [0.2, 0.25) is 5.02 Å². The average Bonchev–Trinajstić information content (AvgIpc) is 2.14. The second-order valence-corrected chi connectivity index (χ2v) is 3.07. The van der Waals surface area contributed by atoms with E-state index < -0.39 is 11.7 Å². The molecule has 0 aromatic heterocycles. The highest BCUT2D eigenvalue weighted by molar-refractivity contribution is 6.30. The Morgan fingerprint density at radius 3 is 2.60 bits per heavy atom. The summed E-state index contributed by atoms with van der Waals surface area (Å²) in [6, 6.07) is 3.25. The summed E-state index contributed by atoms with van der Waals surface area (Å²) in [6.45, 7) is -0.218. The topological polar surface area (TPSA) is 9.23 Å². The van der Waals surface area contributed by atoms with Gasteiger partial charge in [-0.1, -0.05) is 17.5 Å². The minimum absolute atomic E-state index is 0.00428. The fraction of sp³-hybridized carbons (Fsp3) is 0.200. The van der Waals surface area contributed by atoms with Crippen LogP contribution in [-0.2, 0) is 6.18 Å². The van der Waals surface area contributed by atoms with E-state index in [2.05, 4.69) is 5.92 Å². The lowest BCUT2D eigenvalue weighted by Crippen LogP contribution is -2.08. The zero-order valence-electron chi connectivity index (χ0n) is 7.44. The molecule has 0 unspecified atom stereocenters. The van der Waals surface area contributed by atoms with Gasteiger partial charge in [-0.25, -0.2) is 0 Å². The van der Waals surface area contributed by atoms with Crippen molar-refractivity contribution in [2.75, 3.05) is 6.61 Å². The molecule has 0 aliphatic carbocycles. The molecule has 1 nitrogen and oxygen atoms in total. The van der Waals surface area contributed by atoms with Crippen LogP contribution in [0.4, 0.5) is 13.2 Å². The van der Waals surface area contributed by atoms with Gasteiger partial charge in [0.1, 0.15) is 12.4 Å². The van der Waals surface area contributed by atoms with Gasteiger partial charge in [0, 0.05) is 5.02 Å². The van der Waals surface area contributed by atoms with Crippen LogP contribution in [0.3, 0.4) is 0 Å². The molecule has 1 aromatic rings. The van der Waals surface area contributed by atoms with Gasteiger partial charge in [-0.15, -0.1) is 6.42 Å². The number of benzene rings is 1. The fourth-order valence-electron chi connectivity index (χ4n) is 0.969. The molecule has 0 spiro atoms. The summed E-state index contributed by atoms with van der Waals surface area (Å²) in [4.78, 5) is 0. The SMILES string of the molecule is C#CCOc1ccc(Cl)cc1C(F)(F)F. The van der Waals surface area contributed by atoms with E-state index in [1.807, 2.05) is 0 Å². The average molecular weight is 235 g/mol. The van der Waals surface area contributed by atoms with E-state index in [-0.39, 0.29) is 17.4 Å². The van der Waals surface area contributed by atoms with E-state index >= 15 is 0 Å². The first-order chi connectivity index (χ1) is 6.95. The Morgan fingerprint density at radius 2 is 2.07 bits per heavy atom. The standard InChI is InChI=1S/C10H6ClF3O/c1-2-5-15-9-4-3-7(11)6-8(9)10(12,13)14/h1,3-4,6H,5H2. The van der Waals surface area contributed by atoms with Gasteiger partial charge in [0.25, 0.3) is 0 Å². The predicted octanol–water partition coefficient (Wildman–Crippen LogP) is 3.37. The van der Waals surface area contributed by atoms with Crippen LogP contribution in [0.5, 0.6) is 5.75 Å². The Hall–Kier alpha value is -1.34. The van der Waals surface area contributed by atoms with E-state index in [0.29, 0.717) is 0 Å². The highest BCUT2D eigenvalue weighted by Crippen LogP contribution is 2.37. The van der Waals surface area contributed by atoms with E-state index in [0.717, 1.165) is 12.1 Å². The Labute approximate surface area is 89.8 Å². The number of terminal acetylenes is 1. The maximum Gasteiger partial charge on any atom is 0.420 e. The van der Waals surface area contributed by atoms with Crippen molar-refractivity contribution in [3.8, 4) is 18.1 Å². The summed E-state index contributed by atoms with van der Waals surface area (Å²) in [6.07, 6.45) is 0.378. The third-order valence-corrected chi connectivity index (χ3v) is 1.79.